The lowest BCUT2D eigenvalue weighted by Gasteiger charge is -2.56. The summed E-state index contributed by atoms with van der Waals surface area (Å²) in [6, 6.07) is 25.5. The van der Waals surface area contributed by atoms with E-state index in [4.69, 9.17) is 35.3 Å². The number of fused-ring (bicyclic) bond motifs is 3. The van der Waals surface area contributed by atoms with Crippen LogP contribution in [0.3, 0.4) is 0 Å². The third kappa shape index (κ3) is 4.83. The Morgan fingerprint density at radius 1 is 0.750 bits per heavy atom. The number of rotatable bonds is 9. The summed E-state index contributed by atoms with van der Waals surface area (Å²) in [5.41, 5.74) is 1.66. The Kier molecular flexibility index (Phi) is 7.73. The summed E-state index contributed by atoms with van der Waals surface area (Å²) >= 11 is 6.65. The van der Waals surface area contributed by atoms with Crippen molar-refractivity contribution in [1.82, 2.24) is 4.90 Å². The molecule has 9 nitrogen and oxygen atoms in total. The maximum absolute atomic E-state index is 14.1. The van der Waals surface area contributed by atoms with Crippen LogP contribution in [0.25, 0.3) is 0 Å². The van der Waals surface area contributed by atoms with E-state index in [1.807, 2.05) is 54.6 Å². The molecule has 0 aliphatic carbocycles. The van der Waals surface area contributed by atoms with Gasteiger partial charge in [-0.2, -0.15) is 0 Å². The van der Waals surface area contributed by atoms with Crippen LogP contribution >= 0.6 is 11.6 Å². The molecule has 4 aromatic rings. The second kappa shape index (κ2) is 11.7. The number of amides is 2. The molecule has 0 bridgehead atoms. The molecule has 0 radical (unpaired) electrons. The zero-order valence-corrected chi connectivity index (χ0v) is 25.5. The van der Waals surface area contributed by atoms with Crippen molar-refractivity contribution in [3.05, 3.63) is 107 Å². The smallest absolute Gasteiger partial charge is 0.268 e. The minimum Gasteiger partial charge on any atom is -0.497 e. The lowest BCUT2D eigenvalue weighted by molar-refractivity contribution is -0.177. The second-order valence-electron chi connectivity index (χ2n) is 10.5. The third-order valence-corrected chi connectivity index (χ3v) is 8.33. The Morgan fingerprint density at radius 3 is 1.91 bits per heavy atom. The first-order valence-electron chi connectivity index (χ1n) is 13.9. The molecule has 0 saturated carbocycles. The molecule has 10 heteroatoms. The van der Waals surface area contributed by atoms with E-state index in [-0.39, 0.29) is 24.9 Å². The monoisotopic (exact) mass is 614 g/mol. The van der Waals surface area contributed by atoms with Crippen LogP contribution in [0.2, 0.25) is 5.02 Å². The van der Waals surface area contributed by atoms with E-state index in [0.717, 1.165) is 11.1 Å². The molecule has 0 unspecified atom stereocenters. The molecule has 2 amide bonds. The van der Waals surface area contributed by atoms with Gasteiger partial charge in [0, 0.05) is 34.9 Å². The predicted octanol–water partition coefficient (Wildman–Crippen LogP) is 5.45. The summed E-state index contributed by atoms with van der Waals surface area (Å²) in [5.74, 6) is 2.00. The Balaban J connectivity index is 1.53. The Labute approximate surface area is 260 Å². The maximum Gasteiger partial charge on any atom is 0.268 e. The standard InChI is InChI=1S/C34H31ClN2O7/c1-40-24-12-21(13-25(15-24)41-2)19-36-30-11-10-23(35)14-29(30)34(22-8-6-5-7-9-22)32(33(39)37(34)20-31(36)38)44-28-17-26(42-3)16-27(18-28)43-4/h5-18,32H,19-20H2,1-4H3/t32-,34+/m1/s1. The summed E-state index contributed by atoms with van der Waals surface area (Å²) in [5, 5.41) is 0.456. The number of nitrogens with zero attached hydrogens (tertiary/aromatic N) is 2. The number of ether oxygens (including phenoxy) is 5. The predicted molar refractivity (Wildman–Crippen MR) is 165 cm³/mol. The number of halogens is 1. The van der Waals surface area contributed by atoms with Crippen molar-refractivity contribution in [2.75, 3.05) is 39.9 Å². The third-order valence-electron chi connectivity index (χ3n) is 8.09. The molecule has 2 aliphatic rings. The number of β-lactam (4-membered cyclic amide) rings is 1. The molecule has 1 saturated heterocycles. The van der Waals surface area contributed by atoms with Gasteiger partial charge in [0.15, 0.2) is 0 Å². The normalized spacial score (nSPS) is 18.9. The summed E-state index contributed by atoms with van der Waals surface area (Å²) in [6.45, 7) is 0.0228. The quantitative estimate of drug-likeness (QED) is 0.232. The molecule has 1 fully saturated rings. The van der Waals surface area contributed by atoms with Crippen molar-refractivity contribution in [1.29, 1.82) is 0 Å². The van der Waals surface area contributed by atoms with E-state index in [9.17, 15) is 9.59 Å². The summed E-state index contributed by atoms with van der Waals surface area (Å²) in [4.78, 5) is 31.3. The summed E-state index contributed by atoms with van der Waals surface area (Å²) < 4.78 is 28.3. The molecule has 44 heavy (non-hydrogen) atoms. The van der Waals surface area contributed by atoms with Gasteiger partial charge in [-0.05, 0) is 41.5 Å². The molecule has 2 heterocycles. The highest BCUT2D eigenvalue weighted by Crippen LogP contribution is 2.54. The molecule has 0 aromatic heterocycles. The first-order valence-corrected chi connectivity index (χ1v) is 14.3. The molecule has 0 N–H and O–H groups in total. The van der Waals surface area contributed by atoms with Crippen molar-refractivity contribution >= 4 is 29.1 Å². The highest BCUT2D eigenvalue weighted by Gasteiger charge is 2.66. The van der Waals surface area contributed by atoms with Crippen LogP contribution < -0.4 is 28.6 Å². The average molecular weight is 615 g/mol. The van der Waals surface area contributed by atoms with Crippen molar-refractivity contribution < 1.29 is 33.3 Å². The van der Waals surface area contributed by atoms with Gasteiger partial charge in [0.2, 0.25) is 12.0 Å². The van der Waals surface area contributed by atoms with Crippen LogP contribution in [-0.4, -0.2) is 57.8 Å². The number of anilines is 1. The Morgan fingerprint density at radius 2 is 1.32 bits per heavy atom. The highest BCUT2D eigenvalue weighted by molar-refractivity contribution is 6.30. The number of hydrogen-bond acceptors (Lipinski definition) is 7. The molecule has 2 aliphatic heterocycles. The minimum atomic E-state index is -1.18. The van der Waals surface area contributed by atoms with Gasteiger partial charge < -0.3 is 33.5 Å². The van der Waals surface area contributed by atoms with Crippen molar-refractivity contribution in [2.24, 2.45) is 0 Å². The summed E-state index contributed by atoms with van der Waals surface area (Å²) in [7, 11) is 6.24. The van der Waals surface area contributed by atoms with Gasteiger partial charge in [-0.15, -0.1) is 0 Å². The fourth-order valence-electron chi connectivity index (χ4n) is 6.05. The van der Waals surface area contributed by atoms with Gasteiger partial charge >= 0.3 is 0 Å². The first kappa shape index (κ1) is 29.2. The van der Waals surface area contributed by atoms with Crippen LogP contribution in [0.5, 0.6) is 28.7 Å². The van der Waals surface area contributed by atoms with Crippen molar-refractivity contribution in [2.45, 2.75) is 18.2 Å². The Hall–Kier alpha value is -4.89. The minimum absolute atomic E-state index is 0.178. The lowest BCUT2D eigenvalue weighted by atomic mass is 9.69. The average Bonchev–Trinajstić information content (AvgIpc) is 3.14. The number of benzene rings is 4. The number of hydrogen-bond donors (Lipinski definition) is 0. The highest BCUT2D eigenvalue weighted by atomic mass is 35.5. The zero-order valence-electron chi connectivity index (χ0n) is 24.7. The van der Waals surface area contributed by atoms with Crippen molar-refractivity contribution in [3.8, 4) is 28.7 Å². The van der Waals surface area contributed by atoms with E-state index < -0.39 is 11.6 Å². The van der Waals surface area contributed by atoms with Crippen LogP contribution in [0.15, 0.2) is 84.9 Å². The second-order valence-corrected chi connectivity index (χ2v) is 10.9. The van der Waals surface area contributed by atoms with Gasteiger partial charge in [0.05, 0.1) is 40.7 Å². The fourth-order valence-corrected chi connectivity index (χ4v) is 6.22. The molecule has 2 atom stereocenters. The van der Waals surface area contributed by atoms with Gasteiger partial charge in [-0.1, -0.05) is 41.9 Å². The topological polar surface area (TPSA) is 86.8 Å². The molecular weight excluding hydrogens is 584 g/mol. The van der Waals surface area contributed by atoms with Crippen LogP contribution in [0.4, 0.5) is 5.69 Å². The lowest BCUT2D eigenvalue weighted by Crippen LogP contribution is -2.74. The van der Waals surface area contributed by atoms with E-state index in [1.54, 1.807) is 68.6 Å². The van der Waals surface area contributed by atoms with E-state index in [2.05, 4.69) is 0 Å². The number of carbonyl (C=O) groups is 2. The first-order chi connectivity index (χ1) is 21.3. The summed E-state index contributed by atoms with van der Waals surface area (Å²) in [6.07, 6.45) is -1.02. The van der Waals surface area contributed by atoms with Crippen LogP contribution in [0, 0.1) is 0 Å². The largest absolute Gasteiger partial charge is 0.497 e. The Bertz CT molecular complexity index is 1690. The molecule has 0 spiro atoms. The van der Waals surface area contributed by atoms with Crippen molar-refractivity contribution in [3.63, 3.8) is 0 Å². The van der Waals surface area contributed by atoms with E-state index in [0.29, 0.717) is 45.0 Å². The van der Waals surface area contributed by atoms with E-state index in [1.165, 1.54) is 0 Å². The molecular formula is C34H31ClN2O7. The van der Waals surface area contributed by atoms with Gasteiger partial charge in [0.1, 0.15) is 40.8 Å². The fraction of sp³-hybridized carbons (Fsp3) is 0.235. The molecule has 6 rings (SSSR count). The molecule has 226 valence electrons. The van der Waals surface area contributed by atoms with Crippen LogP contribution in [-0.2, 0) is 21.7 Å². The van der Waals surface area contributed by atoms with Crippen LogP contribution in [0.1, 0.15) is 16.7 Å². The zero-order chi connectivity index (χ0) is 31.0. The van der Waals surface area contributed by atoms with E-state index >= 15 is 0 Å². The maximum atomic E-state index is 14.1. The SMILES string of the molecule is COc1cc(CN2C(=O)CN3C(=O)[C@@H](Oc4cc(OC)cc(OC)c4)[C@]3(c3ccccc3)c3cc(Cl)ccc32)cc(OC)c1. The number of carbonyl (C=O) groups excluding carboxylic acids is 2. The molecule has 4 aromatic carbocycles. The van der Waals surface area contributed by atoms with Gasteiger partial charge in [0.25, 0.3) is 5.91 Å². The van der Waals surface area contributed by atoms with Gasteiger partial charge in [-0.3, -0.25) is 9.59 Å². The van der Waals surface area contributed by atoms with Gasteiger partial charge in [-0.25, -0.2) is 0 Å². The number of methoxy groups -OCH3 is 4.